The van der Waals surface area contributed by atoms with Crippen LogP contribution in [0, 0.1) is 0 Å². The predicted molar refractivity (Wildman–Crippen MR) is 102 cm³/mol. The number of hydrogen-bond acceptors (Lipinski definition) is 2. The van der Waals surface area contributed by atoms with E-state index in [4.69, 9.17) is 17.3 Å². The summed E-state index contributed by atoms with van der Waals surface area (Å²) in [6.07, 6.45) is 0. The van der Waals surface area contributed by atoms with Gasteiger partial charge in [0.15, 0.2) is 0 Å². The van der Waals surface area contributed by atoms with Crippen molar-refractivity contribution in [3.8, 4) is 0 Å². The van der Waals surface area contributed by atoms with Gasteiger partial charge in [-0.15, -0.1) is 0 Å². The Bertz CT molecular complexity index is 731. The molecule has 3 rings (SSSR count). The van der Waals surface area contributed by atoms with E-state index in [2.05, 4.69) is 53.4 Å². The molecule has 0 heterocycles. The van der Waals surface area contributed by atoms with E-state index in [-0.39, 0.29) is 0 Å². The van der Waals surface area contributed by atoms with Crippen LogP contribution in [0.1, 0.15) is 16.7 Å². The molecule has 122 valence electrons. The molecule has 0 unspecified atom stereocenters. The van der Waals surface area contributed by atoms with Gasteiger partial charge >= 0.3 is 0 Å². The Morgan fingerprint density at radius 1 is 0.708 bits per heavy atom. The lowest BCUT2D eigenvalue weighted by molar-refractivity contribution is 0.248. The molecule has 0 saturated heterocycles. The minimum atomic E-state index is 0.675. The third-order valence-corrected chi connectivity index (χ3v) is 4.23. The quantitative estimate of drug-likeness (QED) is 0.633. The molecular weight excluding hydrogens is 316 g/mol. The number of nitrogen functional groups attached to an aromatic ring is 1. The molecule has 0 aliphatic rings. The van der Waals surface area contributed by atoms with Crippen molar-refractivity contribution in [3.63, 3.8) is 0 Å². The van der Waals surface area contributed by atoms with Crippen LogP contribution < -0.4 is 5.73 Å². The maximum Gasteiger partial charge on any atom is 0.0426 e. The molecule has 0 amide bonds. The topological polar surface area (TPSA) is 29.3 Å². The molecule has 0 saturated carbocycles. The molecular formula is C21H21ClN2. The molecule has 3 heteroatoms. The summed E-state index contributed by atoms with van der Waals surface area (Å²) in [5.41, 5.74) is 10.6. The largest absolute Gasteiger partial charge is 0.398 e. The number of nitrogens with two attached hydrogens (primary N) is 1. The Hall–Kier alpha value is -2.29. The molecule has 2 N–H and O–H groups in total. The van der Waals surface area contributed by atoms with Crippen LogP contribution in [-0.2, 0) is 19.6 Å². The van der Waals surface area contributed by atoms with Crippen molar-refractivity contribution < 1.29 is 0 Å². The van der Waals surface area contributed by atoms with Crippen molar-refractivity contribution in [2.45, 2.75) is 19.6 Å². The molecule has 0 aliphatic carbocycles. The summed E-state index contributed by atoms with van der Waals surface area (Å²) in [6, 6.07) is 26.7. The first-order chi connectivity index (χ1) is 11.7. The third kappa shape index (κ3) is 4.60. The van der Waals surface area contributed by atoms with Crippen LogP contribution in [0.2, 0.25) is 5.02 Å². The minimum Gasteiger partial charge on any atom is -0.398 e. The van der Waals surface area contributed by atoms with Crippen molar-refractivity contribution in [1.29, 1.82) is 0 Å². The van der Waals surface area contributed by atoms with Gasteiger partial charge < -0.3 is 5.73 Å². The van der Waals surface area contributed by atoms with E-state index in [1.165, 1.54) is 11.1 Å². The smallest absolute Gasteiger partial charge is 0.0426 e. The van der Waals surface area contributed by atoms with Crippen molar-refractivity contribution >= 4 is 17.3 Å². The van der Waals surface area contributed by atoms with Crippen LogP contribution >= 0.6 is 11.6 Å². The summed E-state index contributed by atoms with van der Waals surface area (Å²) >= 11 is 6.02. The Balaban J connectivity index is 1.80. The third-order valence-electron chi connectivity index (χ3n) is 4.00. The van der Waals surface area contributed by atoms with Gasteiger partial charge in [0.05, 0.1) is 0 Å². The van der Waals surface area contributed by atoms with Crippen LogP contribution in [0.4, 0.5) is 5.69 Å². The number of anilines is 1. The van der Waals surface area contributed by atoms with Gasteiger partial charge in [-0.3, -0.25) is 4.90 Å². The number of hydrogen-bond donors (Lipinski definition) is 1. The Kier molecular flexibility index (Phi) is 5.52. The summed E-state index contributed by atoms with van der Waals surface area (Å²) in [6.45, 7) is 2.53. The molecule has 2 nitrogen and oxygen atoms in total. The molecule has 0 fully saturated rings. The standard InChI is InChI=1S/C21H21ClN2/c22-20-12-11-19(21(23)13-20)16-24(14-17-7-3-1-4-8-17)15-18-9-5-2-6-10-18/h1-13H,14-16,23H2. The number of halogens is 1. The average Bonchev–Trinajstić information content (AvgIpc) is 2.59. The number of nitrogens with zero attached hydrogens (tertiary/aromatic N) is 1. The van der Waals surface area contributed by atoms with Gasteiger partial charge in [0.25, 0.3) is 0 Å². The zero-order chi connectivity index (χ0) is 16.8. The zero-order valence-corrected chi connectivity index (χ0v) is 14.3. The first-order valence-corrected chi connectivity index (χ1v) is 8.42. The zero-order valence-electron chi connectivity index (χ0n) is 13.5. The highest BCUT2D eigenvalue weighted by Crippen LogP contribution is 2.21. The van der Waals surface area contributed by atoms with E-state index in [9.17, 15) is 0 Å². The molecule has 0 aliphatic heterocycles. The molecule has 0 aromatic heterocycles. The molecule has 0 radical (unpaired) electrons. The van der Waals surface area contributed by atoms with Gasteiger partial charge in [-0.1, -0.05) is 78.3 Å². The fraction of sp³-hybridized carbons (Fsp3) is 0.143. The minimum absolute atomic E-state index is 0.675. The second-order valence-electron chi connectivity index (χ2n) is 5.96. The average molecular weight is 337 g/mol. The number of benzene rings is 3. The normalized spacial score (nSPS) is 10.9. The predicted octanol–water partition coefficient (Wildman–Crippen LogP) is 5.12. The summed E-state index contributed by atoms with van der Waals surface area (Å²) < 4.78 is 0. The highest BCUT2D eigenvalue weighted by molar-refractivity contribution is 6.30. The molecule has 3 aromatic rings. The van der Waals surface area contributed by atoms with Crippen LogP contribution in [0.5, 0.6) is 0 Å². The molecule has 0 spiro atoms. The van der Waals surface area contributed by atoms with Crippen LogP contribution in [0.3, 0.4) is 0 Å². The second kappa shape index (κ2) is 8.00. The lowest BCUT2D eigenvalue weighted by Gasteiger charge is -2.23. The van der Waals surface area contributed by atoms with E-state index in [0.29, 0.717) is 5.02 Å². The van der Waals surface area contributed by atoms with Crippen LogP contribution in [-0.4, -0.2) is 4.90 Å². The van der Waals surface area contributed by atoms with E-state index in [1.54, 1.807) is 0 Å². The van der Waals surface area contributed by atoms with Gasteiger partial charge in [0.1, 0.15) is 0 Å². The van der Waals surface area contributed by atoms with Crippen molar-refractivity contribution in [2.24, 2.45) is 0 Å². The molecule has 0 atom stereocenters. The summed E-state index contributed by atoms with van der Waals surface area (Å²) in [7, 11) is 0. The van der Waals surface area contributed by atoms with Crippen LogP contribution in [0.25, 0.3) is 0 Å². The van der Waals surface area contributed by atoms with Gasteiger partial charge in [-0.2, -0.15) is 0 Å². The highest BCUT2D eigenvalue weighted by Gasteiger charge is 2.10. The van der Waals surface area contributed by atoms with Gasteiger partial charge in [-0.25, -0.2) is 0 Å². The van der Waals surface area contributed by atoms with E-state index in [1.807, 2.05) is 30.3 Å². The fourth-order valence-electron chi connectivity index (χ4n) is 2.80. The SMILES string of the molecule is Nc1cc(Cl)ccc1CN(Cc1ccccc1)Cc1ccccc1. The van der Waals surface area contributed by atoms with E-state index < -0.39 is 0 Å². The lowest BCUT2D eigenvalue weighted by atomic mass is 10.1. The summed E-state index contributed by atoms with van der Waals surface area (Å²) in [5.74, 6) is 0. The van der Waals surface area contributed by atoms with Crippen molar-refractivity contribution in [1.82, 2.24) is 4.90 Å². The Morgan fingerprint density at radius 2 is 1.25 bits per heavy atom. The van der Waals surface area contributed by atoms with Crippen molar-refractivity contribution in [3.05, 3.63) is 101 Å². The molecule has 24 heavy (non-hydrogen) atoms. The maximum atomic E-state index is 6.15. The summed E-state index contributed by atoms with van der Waals surface area (Å²) in [5, 5.41) is 0.675. The monoisotopic (exact) mass is 336 g/mol. The Labute approximate surface area is 148 Å². The highest BCUT2D eigenvalue weighted by atomic mass is 35.5. The fourth-order valence-corrected chi connectivity index (χ4v) is 2.98. The van der Waals surface area contributed by atoms with Gasteiger partial charge in [-0.05, 0) is 28.8 Å². The first-order valence-electron chi connectivity index (χ1n) is 8.05. The lowest BCUT2D eigenvalue weighted by Crippen LogP contribution is -2.23. The molecule has 0 bridgehead atoms. The van der Waals surface area contributed by atoms with Gasteiger partial charge in [0, 0.05) is 30.3 Å². The van der Waals surface area contributed by atoms with Gasteiger partial charge in [0.2, 0.25) is 0 Å². The van der Waals surface area contributed by atoms with Crippen molar-refractivity contribution in [2.75, 3.05) is 5.73 Å². The van der Waals surface area contributed by atoms with E-state index >= 15 is 0 Å². The van der Waals surface area contributed by atoms with E-state index in [0.717, 1.165) is 30.9 Å². The first kappa shape index (κ1) is 16.6. The van der Waals surface area contributed by atoms with Crippen LogP contribution in [0.15, 0.2) is 78.9 Å². The summed E-state index contributed by atoms with van der Waals surface area (Å²) in [4.78, 5) is 2.39. The number of rotatable bonds is 6. The molecule has 3 aromatic carbocycles. The Morgan fingerprint density at radius 3 is 1.75 bits per heavy atom. The second-order valence-corrected chi connectivity index (χ2v) is 6.40. The maximum absolute atomic E-state index is 6.15.